The van der Waals surface area contributed by atoms with E-state index in [2.05, 4.69) is 230 Å². The molecule has 22 unspecified atom stereocenters. The second-order valence-electron chi connectivity index (χ2n) is 37.3. The zero-order valence-corrected chi connectivity index (χ0v) is 68.8. The number of allylic oxidation sites excluding steroid dienone is 10. The first-order valence-electron chi connectivity index (χ1n) is 39.8. The lowest BCUT2D eigenvalue weighted by Crippen LogP contribution is -2.36. The molecule has 8 N–H and O–H groups in total. The van der Waals surface area contributed by atoms with Gasteiger partial charge in [-0.25, -0.2) is 0 Å². The van der Waals surface area contributed by atoms with Crippen LogP contribution in [0.15, 0.2) is 96.2 Å². The van der Waals surface area contributed by atoms with Gasteiger partial charge in [0, 0.05) is 17.8 Å². The van der Waals surface area contributed by atoms with Gasteiger partial charge in [-0.1, -0.05) is 194 Å². The molecule has 8 fully saturated rings. The highest BCUT2D eigenvalue weighted by atomic mass is 16.3. The number of aliphatic hydroxyl groups excluding tert-OH is 8. The number of rotatable bonds is 8. The van der Waals surface area contributed by atoms with Gasteiger partial charge in [0.15, 0.2) is 0 Å². The van der Waals surface area contributed by atoms with Gasteiger partial charge in [0.05, 0.1) is 48.8 Å². The van der Waals surface area contributed by atoms with Crippen LogP contribution in [0.25, 0.3) is 0 Å². The predicted octanol–water partition coefficient (Wildman–Crippen LogP) is 22.1. The smallest absolute Gasteiger partial charge is 0.0607 e. The summed E-state index contributed by atoms with van der Waals surface area (Å²) in [5.74, 6) is 9.79. The van der Waals surface area contributed by atoms with Crippen molar-refractivity contribution in [1.29, 1.82) is 0 Å². The molecular weight excluding hydrogens is 1210 g/mol. The van der Waals surface area contributed by atoms with Gasteiger partial charge in [-0.2, -0.15) is 0 Å². The largest absolute Gasteiger partial charge is 0.393 e. The highest BCUT2D eigenvalue weighted by Gasteiger charge is 2.38. The molecule has 0 bridgehead atoms. The summed E-state index contributed by atoms with van der Waals surface area (Å²) in [5, 5.41) is 77.3. The van der Waals surface area contributed by atoms with Gasteiger partial charge in [-0.05, 0) is 290 Å². The number of aliphatic hydroxyl groups is 8. The summed E-state index contributed by atoms with van der Waals surface area (Å²) in [5.41, 5.74) is 7.97. The van der Waals surface area contributed by atoms with Crippen LogP contribution in [0, 0.1) is 123 Å². The van der Waals surface area contributed by atoms with Crippen molar-refractivity contribution in [2.75, 3.05) is 0 Å². The standard InChI is InChI=1S/5C12H22O.3C10H18O/c1-8(2)5-11-6-10(4)12(13)7-9(11)3;1-8(2)5-11-6-9(3)10(4)12(13)7-11;1-8(2)5-12-9(3)6-11(13)7-10(12)4;1-8(2)5-11-6-9(3)12(13)10(4)7-11;1-8(2)7-11-5-6-12(13)10(4)9(11)3;1-4-8-7-10(2,3)6-5-9(8)11;1-4-8-5-6-10(2,3)7-9(8)11;1-4-8-9(11)6-5-7-10(8,2)3/h4*5,9-13H,6-7H2,1-4H3;7,9-13H,5-6H2,1-4H3;3*4,8-9,11H,1,5-7H2,2-3H3. The molecule has 8 rings (SSSR count). The average molecular weight is 1370 g/mol. The minimum Gasteiger partial charge on any atom is -0.393 e. The minimum atomic E-state index is -0.156. The van der Waals surface area contributed by atoms with E-state index in [1.54, 1.807) is 0 Å². The Balaban J connectivity index is 0.000000561. The molecule has 0 saturated heterocycles. The zero-order chi connectivity index (χ0) is 75.5. The van der Waals surface area contributed by atoms with E-state index < -0.39 is 0 Å². The first-order chi connectivity index (χ1) is 45.2. The molecule has 0 aromatic rings. The Morgan fingerprint density at radius 1 is 0.327 bits per heavy atom. The average Bonchev–Trinajstić information content (AvgIpc) is 0.843. The Morgan fingerprint density at radius 2 is 0.796 bits per heavy atom. The molecule has 8 nitrogen and oxygen atoms in total. The Kier molecular flexibility index (Phi) is 43.1. The van der Waals surface area contributed by atoms with Gasteiger partial charge < -0.3 is 40.9 Å². The van der Waals surface area contributed by atoms with Gasteiger partial charge in [0.1, 0.15) is 0 Å². The Morgan fingerprint density at radius 3 is 1.23 bits per heavy atom. The third-order valence-electron chi connectivity index (χ3n) is 24.5. The molecule has 572 valence electrons. The van der Waals surface area contributed by atoms with Crippen molar-refractivity contribution in [3.05, 3.63) is 96.2 Å². The van der Waals surface area contributed by atoms with Gasteiger partial charge >= 0.3 is 0 Å². The van der Waals surface area contributed by atoms with Crippen molar-refractivity contribution in [2.24, 2.45) is 123 Å². The third-order valence-corrected chi connectivity index (χ3v) is 24.5. The van der Waals surface area contributed by atoms with E-state index in [0.717, 1.165) is 103 Å². The van der Waals surface area contributed by atoms with Crippen LogP contribution in [0.5, 0.6) is 0 Å². The Bertz CT molecular complexity index is 2290. The van der Waals surface area contributed by atoms with Crippen molar-refractivity contribution in [3.63, 3.8) is 0 Å². The first kappa shape index (κ1) is 93.6. The molecule has 0 radical (unpaired) electrons. The predicted molar refractivity (Wildman–Crippen MR) is 424 cm³/mol. The number of hydrogen-bond donors (Lipinski definition) is 8. The SMILES string of the molecule is C=CC1C(O)CCCC1(C)C.C=CC1CC(C)(C)CCC1O.C=CC1CCC(C)(C)CC1O.CC(C)=CC1C(C)CC(O)CC1C.CC(C)=CC1CC(C)C(C)C(O)C1.CC(C)=CC1CC(C)C(O)C(C)C1.CC(C)=CC1CC(C)C(O)CC1C.CC(C)=CC1CCC(O)C(C)C1C. The van der Waals surface area contributed by atoms with Gasteiger partial charge in [0.25, 0.3) is 0 Å². The van der Waals surface area contributed by atoms with Crippen molar-refractivity contribution in [1.82, 2.24) is 0 Å². The number of hydrogen-bond acceptors (Lipinski definition) is 8. The molecule has 0 heterocycles. The van der Waals surface area contributed by atoms with Crippen LogP contribution in [0.2, 0.25) is 0 Å². The maximum Gasteiger partial charge on any atom is 0.0607 e. The van der Waals surface area contributed by atoms with Crippen LogP contribution in [0.4, 0.5) is 0 Å². The zero-order valence-electron chi connectivity index (χ0n) is 68.8. The summed E-state index contributed by atoms with van der Waals surface area (Å²) in [6, 6.07) is 0. The molecule has 0 aromatic carbocycles. The Hall–Kier alpha value is -2.40. The summed E-state index contributed by atoms with van der Waals surface area (Å²) in [4.78, 5) is 0. The summed E-state index contributed by atoms with van der Waals surface area (Å²) < 4.78 is 0. The van der Waals surface area contributed by atoms with Crippen LogP contribution in [-0.4, -0.2) is 89.7 Å². The van der Waals surface area contributed by atoms with Crippen LogP contribution >= 0.6 is 0 Å². The van der Waals surface area contributed by atoms with Crippen LogP contribution in [-0.2, 0) is 0 Å². The van der Waals surface area contributed by atoms with E-state index in [1.807, 2.05) is 18.2 Å². The second-order valence-corrected chi connectivity index (χ2v) is 37.3. The molecule has 0 aliphatic heterocycles. The quantitative estimate of drug-likeness (QED) is 0.111. The van der Waals surface area contributed by atoms with Crippen LogP contribution in [0.1, 0.15) is 302 Å². The molecule has 0 spiro atoms. The molecule has 0 amide bonds. The maximum absolute atomic E-state index is 9.80. The molecular formula is C90H164O8. The van der Waals surface area contributed by atoms with Crippen molar-refractivity contribution >= 4 is 0 Å². The van der Waals surface area contributed by atoms with Gasteiger partial charge in [-0.15, -0.1) is 19.7 Å². The summed E-state index contributed by atoms with van der Waals surface area (Å²) in [7, 11) is 0. The fourth-order valence-corrected chi connectivity index (χ4v) is 17.7. The lowest BCUT2D eigenvalue weighted by Gasteiger charge is -2.40. The molecule has 8 aliphatic rings. The third kappa shape index (κ3) is 34.9. The Labute approximate surface area is 607 Å². The molecule has 0 aromatic heterocycles. The lowest BCUT2D eigenvalue weighted by molar-refractivity contribution is 0.0183. The molecule has 98 heavy (non-hydrogen) atoms. The molecule has 8 heteroatoms. The van der Waals surface area contributed by atoms with E-state index >= 15 is 0 Å². The highest BCUT2D eigenvalue weighted by Crippen LogP contribution is 2.44. The summed E-state index contributed by atoms with van der Waals surface area (Å²) in [6.07, 6.45) is 37.0. The van der Waals surface area contributed by atoms with Gasteiger partial charge in [0.2, 0.25) is 0 Å². The normalized spacial score (nSPS) is 38.9. The van der Waals surface area contributed by atoms with Crippen molar-refractivity contribution in [2.45, 2.75) is 351 Å². The highest BCUT2D eigenvalue weighted by molar-refractivity contribution is 5.06. The molecule has 22 atom stereocenters. The van der Waals surface area contributed by atoms with Crippen molar-refractivity contribution < 1.29 is 40.9 Å². The van der Waals surface area contributed by atoms with E-state index in [9.17, 15) is 40.9 Å². The summed E-state index contributed by atoms with van der Waals surface area (Å²) in [6.45, 7) is 68.2. The maximum atomic E-state index is 9.80. The monoisotopic (exact) mass is 1370 g/mol. The fourth-order valence-electron chi connectivity index (χ4n) is 17.7. The lowest BCUT2D eigenvalue weighted by atomic mass is 9.67. The minimum absolute atomic E-state index is 0.0631. The summed E-state index contributed by atoms with van der Waals surface area (Å²) >= 11 is 0. The second kappa shape index (κ2) is 45.1. The van der Waals surface area contributed by atoms with Crippen molar-refractivity contribution in [3.8, 4) is 0 Å². The fraction of sp³-hybridized carbons (Fsp3) is 0.822. The molecule has 8 aliphatic carbocycles. The van der Waals surface area contributed by atoms with Crippen LogP contribution in [0.3, 0.4) is 0 Å². The first-order valence-corrected chi connectivity index (χ1v) is 39.8. The van der Waals surface area contributed by atoms with Gasteiger partial charge in [-0.3, -0.25) is 0 Å². The molecule has 8 saturated carbocycles. The topological polar surface area (TPSA) is 162 Å². The van der Waals surface area contributed by atoms with Crippen LogP contribution < -0.4 is 0 Å². The van der Waals surface area contributed by atoms with E-state index in [4.69, 9.17) is 0 Å². The van der Waals surface area contributed by atoms with E-state index in [-0.39, 0.29) is 60.2 Å². The van der Waals surface area contributed by atoms with E-state index in [1.165, 1.54) is 47.1 Å². The van der Waals surface area contributed by atoms with E-state index in [0.29, 0.717) is 111 Å².